The molecule has 0 unspecified atom stereocenters. The lowest BCUT2D eigenvalue weighted by Gasteiger charge is -2.14. The SMILES string of the molecule is CC(=O)Cn1nnc(CC(C)(C)C)n1. The highest BCUT2D eigenvalue weighted by Crippen LogP contribution is 2.17. The summed E-state index contributed by atoms with van der Waals surface area (Å²) in [5.41, 5.74) is 0.143. The zero-order valence-electron chi connectivity index (χ0n) is 9.11. The second-order valence-corrected chi connectivity index (χ2v) is 4.68. The van der Waals surface area contributed by atoms with E-state index in [2.05, 4.69) is 36.2 Å². The molecule has 0 amide bonds. The van der Waals surface area contributed by atoms with Crippen LogP contribution in [-0.4, -0.2) is 26.0 Å². The average Bonchev–Trinajstić information content (AvgIpc) is 2.30. The monoisotopic (exact) mass is 196 g/mol. The van der Waals surface area contributed by atoms with Gasteiger partial charge >= 0.3 is 0 Å². The van der Waals surface area contributed by atoms with Crippen molar-refractivity contribution in [3.05, 3.63) is 5.82 Å². The van der Waals surface area contributed by atoms with Gasteiger partial charge in [-0.15, -0.1) is 10.2 Å². The van der Waals surface area contributed by atoms with Crippen LogP contribution in [0.15, 0.2) is 0 Å². The van der Waals surface area contributed by atoms with E-state index in [1.807, 2.05) is 0 Å². The number of carbonyl (C=O) groups excluding carboxylic acids is 1. The number of carbonyl (C=O) groups is 1. The molecule has 1 rings (SSSR count). The van der Waals surface area contributed by atoms with E-state index in [1.54, 1.807) is 0 Å². The predicted molar refractivity (Wildman–Crippen MR) is 51.7 cm³/mol. The fourth-order valence-electron chi connectivity index (χ4n) is 1.09. The van der Waals surface area contributed by atoms with Crippen LogP contribution >= 0.6 is 0 Å². The molecule has 1 aromatic rings. The predicted octanol–water partition coefficient (Wildman–Crippen LogP) is 0.851. The highest BCUT2D eigenvalue weighted by molar-refractivity contribution is 5.74. The Labute approximate surface area is 83.5 Å². The molecule has 0 N–H and O–H groups in total. The minimum Gasteiger partial charge on any atom is -0.298 e. The molecule has 0 fully saturated rings. The summed E-state index contributed by atoms with van der Waals surface area (Å²) in [6, 6.07) is 0. The van der Waals surface area contributed by atoms with E-state index in [9.17, 15) is 4.79 Å². The van der Waals surface area contributed by atoms with Gasteiger partial charge in [0, 0.05) is 6.42 Å². The zero-order valence-corrected chi connectivity index (χ0v) is 9.11. The van der Waals surface area contributed by atoms with Crippen LogP contribution in [0.25, 0.3) is 0 Å². The van der Waals surface area contributed by atoms with Gasteiger partial charge in [-0.2, -0.15) is 4.80 Å². The second-order valence-electron chi connectivity index (χ2n) is 4.68. The molecule has 0 saturated carbocycles. The van der Waals surface area contributed by atoms with Gasteiger partial charge in [-0.3, -0.25) is 4.79 Å². The summed E-state index contributed by atoms with van der Waals surface area (Å²) >= 11 is 0. The highest BCUT2D eigenvalue weighted by Gasteiger charge is 2.15. The van der Waals surface area contributed by atoms with Crippen molar-refractivity contribution in [2.45, 2.75) is 40.7 Å². The molecule has 0 atom stereocenters. The second kappa shape index (κ2) is 3.86. The molecular weight excluding hydrogens is 180 g/mol. The van der Waals surface area contributed by atoms with Crippen molar-refractivity contribution in [3.63, 3.8) is 0 Å². The number of rotatable bonds is 3. The van der Waals surface area contributed by atoms with Gasteiger partial charge in [0.25, 0.3) is 0 Å². The van der Waals surface area contributed by atoms with Gasteiger partial charge in [-0.05, 0) is 17.6 Å². The van der Waals surface area contributed by atoms with Gasteiger partial charge in [0.15, 0.2) is 11.6 Å². The lowest BCUT2D eigenvalue weighted by atomic mass is 9.92. The zero-order chi connectivity index (χ0) is 10.8. The van der Waals surface area contributed by atoms with Crippen molar-refractivity contribution < 1.29 is 4.79 Å². The van der Waals surface area contributed by atoms with Crippen molar-refractivity contribution in [2.75, 3.05) is 0 Å². The molecule has 0 aromatic carbocycles. The number of nitrogens with zero attached hydrogens (tertiary/aromatic N) is 4. The van der Waals surface area contributed by atoms with Gasteiger partial charge in [-0.1, -0.05) is 20.8 Å². The van der Waals surface area contributed by atoms with E-state index >= 15 is 0 Å². The molecule has 1 aromatic heterocycles. The Morgan fingerprint density at radius 1 is 1.43 bits per heavy atom. The van der Waals surface area contributed by atoms with Gasteiger partial charge in [0.1, 0.15) is 6.54 Å². The van der Waals surface area contributed by atoms with Crippen molar-refractivity contribution in [3.8, 4) is 0 Å². The van der Waals surface area contributed by atoms with Crippen LogP contribution in [-0.2, 0) is 17.8 Å². The fraction of sp³-hybridized carbons (Fsp3) is 0.778. The first-order chi connectivity index (χ1) is 6.37. The molecule has 14 heavy (non-hydrogen) atoms. The van der Waals surface area contributed by atoms with Crippen molar-refractivity contribution in [2.24, 2.45) is 5.41 Å². The quantitative estimate of drug-likeness (QED) is 0.719. The Kier molecular flexibility index (Phi) is 2.98. The molecule has 0 radical (unpaired) electrons. The first kappa shape index (κ1) is 10.8. The van der Waals surface area contributed by atoms with Crippen LogP contribution < -0.4 is 0 Å². The summed E-state index contributed by atoms with van der Waals surface area (Å²) in [5, 5.41) is 11.8. The van der Waals surface area contributed by atoms with Crippen LogP contribution in [0.4, 0.5) is 0 Å². The molecule has 0 aliphatic heterocycles. The Morgan fingerprint density at radius 3 is 2.57 bits per heavy atom. The van der Waals surface area contributed by atoms with Crippen LogP contribution in [0.3, 0.4) is 0 Å². The topological polar surface area (TPSA) is 60.7 Å². The van der Waals surface area contributed by atoms with E-state index in [-0.39, 0.29) is 17.7 Å². The van der Waals surface area contributed by atoms with Gasteiger partial charge in [-0.25, -0.2) is 0 Å². The molecule has 5 nitrogen and oxygen atoms in total. The summed E-state index contributed by atoms with van der Waals surface area (Å²) in [6.07, 6.45) is 0.769. The first-order valence-corrected chi connectivity index (χ1v) is 4.63. The average molecular weight is 196 g/mol. The smallest absolute Gasteiger partial charge is 0.175 e. The van der Waals surface area contributed by atoms with Crippen LogP contribution in [0.5, 0.6) is 0 Å². The van der Waals surface area contributed by atoms with E-state index in [4.69, 9.17) is 0 Å². The molecule has 1 heterocycles. The van der Waals surface area contributed by atoms with E-state index in [1.165, 1.54) is 11.7 Å². The minimum atomic E-state index is 0.0321. The molecule has 78 valence electrons. The van der Waals surface area contributed by atoms with E-state index < -0.39 is 0 Å². The first-order valence-electron chi connectivity index (χ1n) is 4.63. The highest BCUT2D eigenvalue weighted by atomic mass is 16.1. The molecule has 0 aliphatic rings. The van der Waals surface area contributed by atoms with Crippen molar-refractivity contribution in [1.82, 2.24) is 20.2 Å². The summed E-state index contributed by atoms with van der Waals surface area (Å²) in [5.74, 6) is 0.725. The molecule has 5 heteroatoms. The number of hydrogen-bond acceptors (Lipinski definition) is 4. The maximum Gasteiger partial charge on any atom is 0.175 e. The Bertz CT molecular complexity index is 324. The Morgan fingerprint density at radius 2 is 2.07 bits per heavy atom. The lowest BCUT2D eigenvalue weighted by molar-refractivity contribution is -0.117. The van der Waals surface area contributed by atoms with E-state index in [0.717, 1.165) is 6.42 Å². The summed E-state index contributed by atoms with van der Waals surface area (Å²) in [7, 11) is 0. The Hall–Kier alpha value is -1.26. The van der Waals surface area contributed by atoms with E-state index in [0.29, 0.717) is 5.82 Å². The number of aromatic nitrogens is 4. The van der Waals surface area contributed by atoms with Gasteiger partial charge < -0.3 is 0 Å². The minimum absolute atomic E-state index is 0.0321. The summed E-state index contributed by atoms with van der Waals surface area (Å²) in [4.78, 5) is 12.1. The van der Waals surface area contributed by atoms with Gasteiger partial charge in [0.05, 0.1) is 0 Å². The maximum atomic E-state index is 10.8. The lowest BCUT2D eigenvalue weighted by Crippen LogP contribution is -2.12. The molecule has 0 bridgehead atoms. The molecule has 0 aliphatic carbocycles. The fourth-order valence-corrected chi connectivity index (χ4v) is 1.09. The molecule has 0 saturated heterocycles. The largest absolute Gasteiger partial charge is 0.298 e. The number of ketones is 1. The molecule has 0 spiro atoms. The number of hydrogen-bond donors (Lipinski definition) is 0. The van der Waals surface area contributed by atoms with Crippen molar-refractivity contribution >= 4 is 5.78 Å². The summed E-state index contributed by atoms with van der Waals surface area (Å²) < 4.78 is 0. The summed E-state index contributed by atoms with van der Waals surface area (Å²) in [6.45, 7) is 8.04. The third-order valence-corrected chi connectivity index (χ3v) is 1.55. The maximum absolute atomic E-state index is 10.8. The normalized spacial score (nSPS) is 11.7. The third-order valence-electron chi connectivity index (χ3n) is 1.55. The number of Topliss-reactive ketones (excluding diaryl/α,β-unsaturated/α-hetero) is 1. The standard InChI is InChI=1S/C9H16N4O/c1-7(14)6-13-11-8(10-12-13)5-9(2,3)4/h5-6H2,1-4H3. The van der Waals surface area contributed by atoms with Crippen molar-refractivity contribution in [1.29, 1.82) is 0 Å². The Balaban J connectivity index is 2.64. The van der Waals surface area contributed by atoms with Gasteiger partial charge in [0.2, 0.25) is 0 Å². The van der Waals surface area contributed by atoms with Crippen LogP contribution in [0.1, 0.15) is 33.5 Å². The van der Waals surface area contributed by atoms with Crippen LogP contribution in [0.2, 0.25) is 0 Å². The third kappa shape index (κ3) is 3.64. The number of tetrazole rings is 1. The van der Waals surface area contributed by atoms with Crippen LogP contribution in [0, 0.1) is 5.41 Å². The molecular formula is C9H16N4O.